The first-order valence-corrected chi connectivity index (χ1v) is 9.23. The van der Waals surface area contributed by atoms with Crippen LogP contribution in [-0.4, -0.2) is 43.7 Å². The summed E-state index contributed by atoms with van der Waals surface area (Å²) in [6, 6.07) is 14.9. The van der Waals surface area contributed by atoms with Gasteiger partial charge in [0.25, 0.3) is 5.91 Å². The molecule has 0 radical (unpaired) electrons. The van der Waals surface area contributed by atoms with Crippen LogP contribution in [0.1, 0.15) is 28.4 Å². The second-order valence-corrected chi connectivity index (χ2v) is 6.14. The van der Waals surface area contributed by atoms with Gasteiger partial charge in [0.05, 0.1) is 0 Å². The molecule has 0 aromatic heterocycles. The molecule has 0 atom stereocenters. The van der Waals surface area contributed by atoms with Crippen molar-refractivity contribution in [3.63, 3.8) is 0 Å². The maximum absolute atomic E-state index is 11.7. The number of benzene rings is 2. The lowest BCUT2D eigenvalue weighted by Gasteiger charge is -2.12. The first-order chi connectivity index (χ1) is 13.1. The maximum atomic E-state index is 11.7. The smallest absolute Gasteiger partial charge is 0.251 e. The molecule has 6 heteroatoms. The van der Waals surface area contributed by atoms with Crippen LogP contribution < -0.4 is 16.0 Å². The molecule has 0 fully saturated rings. The molecule has 144 valence electrons. The van der Waals surface area contributed by atoms with Crippen LogP contribution in [0.25, 0.3) is 0 Å². The second-order valence-electron chi connectivity index (χ2n) is 6.14. The molecule has 0 saturated carbocycles. The summed E-state index contributed by atoms with van der Waals surface area (Å²) in [5.74, 6) is 0.965. The molecule has 0 unspecified atom stereocenters. The number of aromatic hydroxyl groups is 1. The standard InChI is InChI=1S/C21H28N4O2/c1-3-23-21(25-13-11-17-7-5-9-19(26)15-17)24-12-10-16-6-4-8-18(14-16)20(27)22-2/h4-9,14-15,26H,3,10-13H2,1-2H3,(H,22,27)(H2,23,24,25). The number of amides is 1. The number of rotatable bonds is 8. The number of carbonyl (C=O) groups excluding carboxylic acids is 1. The van der Waals surface area contributed by atoms with Crippen molar-refractivity contribution < 1.29 is 9.90 Å². The average molecular weight is 368 g/mol. The van der Waals surface area contributed by atoms with Gasteiger partial charge in [-0.15, -0.1) is 0 Å². The van der Waals surface area contributed by atoms with Gasteiger partial charge in [0, 0.05) is 32.2 Å². The Balaban J connectivity index is 1.85. The summed E-state index contributed by atoms with van der Waals surface area (Å²) in [7, 11) is 1.63. The Bertz CT molecular complexity index is 774. The Morgan fingerprint density at radius 3 is 2.48 bits per heavy atom. The quantitative estimate of drug-likeness (QED) is 0.425. The van der Waals surface area contributed by atoms with E-state index < -0.39 is 0 Å². The van der Waals surface area contributed by atoms with E-state index in [0.717, 1.165) is 43.0 Å². The number of phenols is 1. The monoisotopic (exact) mass is 368 g/mol. The van der Waals surface area contributed by atoms with E-state index in [-0.39, 0.29) is 11.7 Å². The zero-order valence-electron chi connectivity index (χ0n) is 16.0. The average Bonchev–Trinajstić information content (AvgIpc) is 2.67. The van der Waals surface area contributed by atoms with E-state index in [1.807, 2.05) is 43.3 Å². The number of nitrogens with one attached hydrogen (secondary N) is 3. The molecular weight excluding hydrogens is 340 g/mol. The van der Waals surface area contributed by atoms with E-state index in [9.17, 15) is 9.90 Å². The van der Waals surface area contributed by atoms with Crippen LogP contribution in [0.2, 0.25) is 0 Å². The fourth-order valence-corrected chi connectivity index (χ4v) is 2.69. The molecule has 0 aliphatic rings. The second kappa shape index (κ2) is 10.9. The van der Waals surface area contributed by atoms with Crippen molar-refractivity contribution in [2.75, 3.05) is 26.7 Å². The van der Waals surface area contributed by atoms with E-state index in [1.165, 1.54) is 0 Å². The third kappa shape index (κ3) is 7.01. The lowest BCUT2D eigenvalue weighted by molar-refractivity contribution is 0.0963. The predicted octanol–water partition coefficient (Wildman–Crippen LogP) is 2.09. The Hall–Kier alpha value is -3.02. The van der Waals surface area contributed by atoms with Crippen LogP contribution in [0.3, 0.4) is 0 Å². The van der Waals surface area contributed by atoms with Gasteiger partial charge >= 0.3 is 0 Å². The number of hydrogen-bond donors (Lipinski definition) is 4. The third-order valence-electron chi connectivity index (χ3n) is 4.05. The van der Waals surface area contributed by atoms with Gasteiger partial charge in [0.1, 0.15) is 5.75 Å². The van der Waals surface area contributed by atoms with Gasteiger partial charge in [-0.2, -0.15) is 0 Å². The lowest BCUT2D eigenvalue weighted by atomic mass is 10.1. The Kier molecular flexibility index (Phi) is 8.16. The van der Waals surface area contributed by atoms with E-state index >= 15 is 0 Å². The number of aliphatic imine (C=N–C) groups is 1. The normalized spacial score (nSPS) is 11.1. The highest BCUT2D eigenvalue weighted by molar-refractivity contribution is 5.94. The molecule has 0 saturated heterocycles. The van der Waals surface area contributed by atoms with Gasteiger partial charge in [0.2, 0.25) is 0 Å². The summed E-state index contributed by atoms with van der Waals surface area (Å²) >= 11 is 0. The summed E-state index contributed by atoms with van der Waals surface area (Å²) in [6.45, 7) is 4.16. The SMILES string of the molecule is CCNC(=NCCc1cccc(O)c1)NCCc1cccc(C(=O)NC)c1. The fourth-order valence-electron chi connectivity index (χ4n) is 2.69. The predicted molar refractivity (Wildman–Crippen MR) is 109 cm³/mol. The van der Waals surface area contributed by atoms with Gasteiger partial charge in [-0.05, 0) is 55.2 Å². The zero-order valence-corrected chi connectivity index (χ0v) is 16.0. The van der Waals surface area contributed by atoms with Gasteiger partial charge < -0.3 is 21.1 Å². The van der Waals surface area contributed by atoms with Crippen LogP contribution in [0.5, 0.6) is 5.75 Å². The molecule has 27 heavy (non-hydrogen) atoms. The van der Waals surface area contributed by atoms with Crippen LogP contribution >= 0.6 is 0 Å². The summed E-state index contributed by atoms with van der Waals surface area (Å²) in [6.07, 6.45) is 1.56. The highest BCUT2D eigenvalue weighted by Crippen LogP contribution is 2.11. The van der Waals surface area contributed by atoms with Crippen molar-refractivity contribution in [1.82, 2.24) is 16.0 Å². The minimum Gasteiger partial charge on any atom is -0.508 e. The topological polar surface area (TPSA) is 85.8 Å². The number of hydrogen-bond acceptors (Lipinski definition) is 3. The van der Waals surface area contributed by atoms with Crippen molar-refractivity contribution in [1.29, 1.82) is 0 Å². The van der Waals surface area contributed by atoms with Gasteiger partial charge in [-0.3, -0.25) is 9.79 Å². The molecule has 0 bridgehead atoms. The third-order valence-corrected chi connectivity index (χ3v) is 4.05. The molecule has 0 aliphatic heterocycles. The van der Waals surface area contributed by atoms with Crippen LogP contribution in [-0.2, 0) is 12.8 Å². The molecule has 1 amide bonds. The largest absolute Gasteiger partial charge is 0.508 e. The van der Waals surface area contributed by atoms with Crippen molar-refractivity contribution >= 4 is 11.9 Å². The minimum atomic E-state index is -0.0772. The number of nitrogens with zero attached hydrogens (tertiary/aromatic N) is 1. The Morgan fingerprint density at radius 2 is 1.78 bits per heavy atom. The van der Waals surface area contributed by atoms with Gasteiger partial charge in [0.15, 0.2) is 5.96 Å². The van der Waals surface area contributed by atoms with E-state index in [1.54, 1.807) is 19.2 Å². The van der Waals surface area contributed by atoms with E-state index in [2.05, 4.69) is 20.9 Å². The minimum absolute atomic E-state index is 0.0772. The van der Waals surface area contributed by atoms with Gasteiger partial charge in [-0.1, -0.05) is 24.3 Å². The number of phenolic OH excluding ortho intramolecular Hbond substituents is 1. The molecule has 0 heterocycles. The number of guanidine groups is 1. The number of carbonyl (C=O) groups is 1. The van der Waals surface area contributed by atoms with Crippen molar-refractivity contribution in [2.45, 2.75) is 19.8 Å². The molecule has 4 N–H and O–H groups in total. The van der Waals surface area contributed by atoms with Crippen LogP contribution in [0.15, 0.2) is 53.5 Å². The summed E-state index contributed by atoms with van der Waals surface area (Å²) in [5, 5.41) is 18.7. The molecule has 2 aromatic carbocycles. The van der Waals surface area contributed by atoms with E-state index in [4.69, 9.17) is 0 Å². The molecule has 2 aromatic rings. The van der Waals surface area contributed by atoms with E-state index in [0.29, 0.717) is 12.1 Å². The zero-order chi connectivity index (χ0) is 19.5. The highest BCUT2D eigenvalue weighted by atomic mass is 16.3. The van der Waals surface area contributed by atoms with Crippen LogP contribution in [0, 0.1) is 0 Å². The van der Waals surface area contributed by atoms with Crippen molar-refractivity contribution in [3.05, 3.63) is 65.2 Å². The molecule has 6 nitrogen and oxygen atoms in total. The van der Waals surface area contributed by atoms with Gasteiger partial charge in [-0.25, -0.2) is 0 Å². The highest BCUT2D eigenvalue weighted by Gasteiger charge is 2.04. The fraction of sp³-hybridized carbons (Fsp3) is 0.333. The molecule has 0 spiro atoms. The maximum Gasteiger partial charge on any atom is 0.251 e. The Labute approximate surface area is 160 Å². The summed E-state index contributed by atoms with van der Waals surface area (Å²) in [4.78, 5) is 16.3. The van der Waals surface area contributed by atoms with Crippen LogP contribution in [0.4, 0.5) is 0 Å². The molecule has 0 aliphatic carbocycles. The first-order valence-electron chi connectivity index (χ1n) is 9.23. The Morgan fingerprint density at radius 1 is 1.04 bits per heavy atom. The molecule has 2 rings (SSSR count). The van der Waals surface area contributed by atoms with Crippen molar-refractivity contribution in [2.24, 2.45) is 4.99 Å². The summed E-state index contributed by atoms with van der Waals surface area (Å²) in [5.41, 5.74) is 2.82. The lowest BCUT2D eigenvalue weighted by Crippen LogP contribution is -2.38. The van der Waals surface area contributed by atoms with Crippen molar-refractivity contribution in [3.8, 4) is 5.75 Å². The molecular formula is C21H28N4O2. The first kappa shape index (κ1) is 20.3. The summed E-state index contributed by atoms with van der Waals surface area (Å²) < 4.78 is 0.